The number of benzene rings is 1. The molecule has 0 bridgehead atoms. The first kappa shape index (κ1) is 15.7. The Labute approximate surface area is 141 Å². The van der Waals surface area contributed by atoms with Crippen LogP contribution in [0.3, 0.4) is 0 Å². The van der Waals surface area contributed by atoms with Gasteiger partial charge in [0.15, 0.2) is 11.5 Å². The lowest BCUT2D eigenvalue weighted by Gasteiger charge is -2.47. The number of esters is 1. The number of rotatable bonds is 4. The van der Waals surface area contributed by atoms with E-state index >= 15 is 0 Å². The highest BCUT2D eigenvalue weighted by atomic mass is 16.7. The molecule has 24 heavy (non-hydrogen) atoms. The average molecular weight is 333 g/mol. The van der Waals surface area contributed by atoms with Gasteiger partial charge in [0, 0.05) is 6.04 Å². The summed E-state index contributed by atoms with van der Waals surface area (Å²) in [6.45, 7) is 1.64. The highest BCUT2D eigenvalue weighted by Crippen LogP contribution is 2.44. The Balaban J connectivity index is 1.68. The number of nitrogens with zero attached hydrogens (tertiary/aromatic N) is 1. The first-order valence-corrected chi connectivity index (χ1v) is 8.45. The Kier molecular flexibility index (Phi) is 3.89. The summed E-state index contributed by atoms with van der Waals surface area (Å²) in [5, 5.41) is 0. The topological polar surface area (TPSA) is 57.2 Å². The second kappa shape index (κ2) is 5.93. The van der Waals surface area contributed by atoms with E-state index in [0.29, 0.717) is 37.0 Å². The lowest BCUT2D eigenvalue weighted by atomic mass is 9.84. The standard InChI is InChI=1S/C18H23NO5/c1-21-14-6-5-12(8-15(14)22-2)9-18-10-16(20)24-17(18)23-11-13-4-3-7-19(13)18/h5-6,8,13,17H,3-4,7,9-11H2,1-2H3/t13-,17-,18+/m0/s1. The molecule has 0 saturated carbocycles. The first-order chi connectivity index (χ1) is 11.7. The molecule has 0 aliphatic carbocycles. The lowest BCUT2D eigenvalue weighted by Crippen LogP contribution is -2.63. The maximum absolute atomic E-state index is 12.0. The van der Waals surface area contributed by atoms with Crippen LogP contribution >= 0.6 is 0 Å². The molecule has 1 aromatic rings. The van der Waals surface area contributed by atoms with Crippen LogP contribution in [-0.2, 0) is 20.7 Å². The average Bonchev–Trinajstić information content (AvgIpc) is 3.18. The van der Waals surface area contributed by atoms with E-state index in [-0.39, 0.29) is 5.97 Å². The van der Waals surface area contributed by atoms with Gasteiger partial charge in [-0.15, -0.1) is 0 Å². The van der Waals surface area contributed by atoms with E-state index < -0.39 is 11.8 Å². The molecule has 3 fully saturated rings. The second-order valence-corrected chi connectivity index (χ2v) is 6.79. The van der Waals surface area contributed by atoms with Crippen LogP contribution in [0, 0.1) is 0 Å². The Morgan fingerprint density at radius 3 is 2.92 bits per heavy atom. The van der Waals surface area contributed by atoms with Crippen molar-refractivity contribution in [2.24, 2.45) is 0 Å². The van der Waals surface area contributed by atoms with Crippen molar-refractivity contribution < 1.29 is 23.7 Å². The summed E-state index contributed by atoms with van der Waals surface area (Å²) in [5.74, 6) is 1.23. The second-order valence-electron chi connectivity index (χ2n) is 6.79. The lowest BCUT2D eigenvalue weighted by molar-refractivity contribution is -0.216. The molecule has 4 rings (SSSR count). The molecule has 3 aliphatic rings. The van der Waals surface area contributed by atoms with E-state index in [1.807, 2.05) is 18.2 Å². The van der Waals surface area contributed by atoms with Crippen molar-refractivity contribution in [1.82, 2.24) is 4.90 Å². The van der Waals surface area contributed by atoms with Gasteiger partial charge in [-0.25, -0.2) is 0 Å². The molecule has 6 nitrogen and oxygen atoms in total. The molecule has 0 aromatic heterocycles. The minimum atomic E-state index is -0.479. The predicted molar refractivity (Wildman–Crippen MR) is 86.2 cm³/mol. The van der Waals surface area contributed by atoms with Gasteiger partial charge < -0.3 is 18.9 Å². The van der Waals surface area contributed by atoms with Crippen molar-refractivity contribution >= 4 is 5.97 Å². The summed E-state index contributed by atoms with van der Waals surface area (Å²) in [6, 6.07) is 6.29. The first-order valence-electron chi connectivity index (χ1n) is 8.45. The molecule has 3 aliphatic heterocycles. The molecule has 0 spiro atoms. The Hall–Kier alpha value is -1.79. The molecule has 130 valence electrons. The number of ether oxygens (including phenoxy) is 4. The van der Waals surface area contributed by atoms with Gasteiger partial charge in [0.05, 0.1) is 32.8 Å². The molecule has 0 radical (unpaired) electrons. The SMILES string of the molecule is COc1ccc(C[C@@]23CC(=O)O[C@@H]2OC[C@@H]2CCCN23)cc1OC. The highest BCUT2D eigenvalue weighted by molar-refractivity contribution is 5.74. The van der Waals surface area contributed by atoms with E-state index in [2.05, 4.69) is 4.90 Å². The molecule has 3 heterocycles. The van der Waals surface area contributed by atoms with Gasteiger partial charge in [-0.2, -0.15) is 0 Å². The van der Waals surface area contributed by atoms with Gasteiger partial charge in [0.2, 0.25) is 6.29 Å². The van der Waals surface area contributed by atoms with Gasteiger partial charge in [0.1, 0.15) is 0 Å². The van der Waals surface area contributed by atoms with Crippen LogP contribution in [0.25, 0.3) is 0 Å². The molecule has 3 saturated heterocycles. The van der Waals surface area contributed by atoms with Gasteiger partial charge >= 0.3 is 5.97 Å². The van der Waals surface area contributed by atoms with Crippen molar-refractivity contribution in [1.29, 1.82) is 0 Å². The Morgan fingerprint density at radius 1 is 1.29 bits per heavy atom. The maximum Gasteiger partial charge on any atom is 0.310 e. The van der Waals surface area contributed by atoms with Gasteiger partial charge in [-0.1, -0.05) is 6.07 Å². The van der Waals surface area contributed by atoms with Crippen LogP contribution in [0.1, 0.15) is 24.8 Å². The van der Waals surface area contributed by atoms with Crippen LogP contribution in [0.4, 0.5) is 0 Å². The maximum atomic E-state index is 12.0. The fourth-order valence-electron chi connectivity index (χ4n) is 4.42. The van der Waals surface area contributed by atoms with E-state index in [4.69, 9.17) is 18.9 Å². The summed E-state index contributed by atoms with van der Waals surface area (Å²) < 4.78 is 22.1. The number of fused-ring (bicyclic) bond motifs is 3. The van der Waals surface area contributed by atoms with E-state index in [1.54, 1.807) is 14.2 Å². The van der Waals surface area contributed by atoms with Crippen LogP contribution in [0.15, 0.2) is 18.2 Å². The third kappa shape index (κ3) is 2.36. The van der Waals surface area contributed by atoms with Crippen LogP contribution in [0.2, 0.25) is 0 Å². The van der Waals surface area contributed by atoms with Gasteiger partial charge in [0.25, 0.3) is 0 Å². The zero-order valence-electron chi connectivity index (χ0n) is 14.1. The molecular formula is C18H23NO5. The van der Waals surface area contributed by atoms with Crippen LogP contribution in [-0.4, -0.2) is 56.1 Å². The number of hydrogen-bond acceptors (Lipinski definition) is 6. The zero-order valence-corrected chi connectivity index (χ0v) is 14.1. The third-order valence-electron chi connectivity index (χ3n) is 5.48. The number of carbonyl (C=O) groups is 1. The van der Waals surface area contributed by atoms with E-state index in [1.165, 1.54) is 0 Å². The Bertz CT molecular complexity index is 648. The molecule has 0 amide bonds. The van der Waals surface area contributed by atoms with Gasteiger partial charge in [-0.3, -0.25) is 9.69 Å². The number of methoxy groups -OCH3 is 2. The summed E-state index contributed by atoms with van der Waals surface area (Å²) >= 11 is 0. The zero-order chi connectivity index (χ0) is 16.7. The summed E-state index contributed by atoms with van der Waals surface area (Å²) in [5.41, 5.74) is 0.683. The number of carbonyl (C=O) groups excluding carboxylic acids is 1. The highest BCUT2D eigenvalue weighted by Gasteiger charge is 2.59. The normalized spacial score (nSPS) is 32.2. The molecule has 6 heteroatoms. The minimum Gasteiger partial charge on any atom is -0.493 e. The van der Waals surface area contributed by atoms with Crippen LogP contribution in [0.5, 0.6) is 11.5 Å². The van der Waals surface area contributed by atoms with E-state index in [0.717, 1.165) is 24.9 Å². The van der Waals surface area contributed by atoms with Crippen molar-refractivity contribution in [3.05, 3.63) is 23.8 Å². The fourth-order valence-corrected chi connectivity index (χ4v) is 4.42. The van der Waals surface area contributed by atoms with Crippen molar-refractivity contribution in [2.45, 2.75) is 43.6 Å². The van der Waals surface area contributed by atoms with Gasteiger partial charge in [-0.05, 0) is 43.5 Å². The molecule has 1 aromatic carbocycles. The summed E-state index contributed by atoms with van der Waals surface area (Å²) in [4.78, 5) is 14.5. The third-order valence-corrected chi connectivity index (χ3v) is 5.48. The van der Waals surface area contributed by atoms with Crippen molar-refractivity contribution in [3.63, 3.8) is 0 Å². The predicted octanol–water partition coefficient (Wildman–Crippen LogP) is 1.75. The number of morpholine rings is 1. The molecule has 3 atom stereocenters. The monoisotopic (exact) mass is 333 g/mol. The smallest absolute Gasteiger partial charge is 0.310 e. The minimum absolute atomic E-state index is 0.173. The molecule has 0 N–H and O–H groups in total. The Morgan fingerprint density at radius 2 is 2.12 bits per heavy atom. The molecular weight excluding hydrogens is 310 g/mol. The van der Waals surface area contributed by atoms with Crippen LogP contribution < -0.4 is 9.47 Å². The summed E-state index contributed by atoms with van der Waals surface area (Å²) in [6.07, 6.45) is 2.85. The summed E-state index contributed by atoms with van der Waals surface area (Å²) in [7, 11) is 3.25. The quantitative estimate of drug-likeness (QED) is 0.783. The fraction of sp³-hybridized carbons (Fsp3) is 0.611. The molecule has 0 unspecified atom stereocenters. The van der Waals surface area contributed by atoms with Crippen molar-refractivity contribution in [3.8, 4) is 11.5 Å². The number of hydrogen-bond donors (Lipinski definition) is 0. The van der Waals surface area contributed by atoms with Crippen molar-refractivity contribution in [2.75, 3.05) is 27.4 Å². The largest absolute Gasteiger partial charge is 0.493 e. The van der Waals surface area contributed by atoms with E-state index in [9.17, 15) is 4.79 Å².